The summed E-state index contributed by atoms with van der Waals surface area (Å²) in [5.74, 6) is 0. The number of nitrogens with one attached hydrogen (secondary N) is 1. The molecule has 0 saturated heterocycles. The summed E-state index contributed by atoms with van der Waals surface area (Å²) in [7, 11) is 1.80. The van der Waals surface area contributed by atoms with Crippen molar-refractivity contribution >= 4 is 12.6 Å². The topological polar surface area (TPSA) is 24.5 Å². The van der Waals surface area contributed by atoms with Gasteiger partial charge in [0.15, 0.2) is 0 Å². The molecule has 0 fully saturated rings. The SMILES string of the molecule is C=C(S)N(NC)C(C)OCC. The van der Waals surface area contributed by atoms with Crippen LogP contribution in [0.3, 0.4) is 0 Å². The van der Waals surface area contributed by atoms with E-state index in [1.807, 2.05) is 13.8 Å². The van der Waals surface area contributed by atoms with E-state index < -0.39 is 0 Å². The van der Waals surface area contributed by atoms with E-state index in [1.54, 1.807) is 12.1 Å². The van der Waals surface area contributed by atoms with Crippen molar-refractivity contribution in [2.45, 2.75) is 20.1 Å². The van der Waals surface area contributed by atoms with Gasteiger partial charge in [0.1, 0.15) is 6.23 Å². The van der Waals surface area contributed by atoms with Crippen LogP contribution < -0.4 is 5.43 Å². The number of nitrogens with zero attached hydrogens (tertiary/aromatic N) is 1. The minimum Gasteiger partial charge on any atom is -0.358 e. The highest BCUT2D eigenvalue weighted by atomic mass is 32.1. The van der Waals surface area contributed by atoms with Gasteiger partial charge in [0.05, 0.1) is 5.03 Å². The molecule has 0 heterocycles. The third-order valence-electron chi connectivity index (χ3n) is 1.29. The van der Waals surface area contributed by atoms with Gasteiger partial charge in [-0.25, -0.2) is 5.43 Å². The number of hydrogen-bond donors (Lipinski definition) is 2. The molecule has 0 amide bonds. The Kier molecular flexibility index (Phi) is 5.36. The predicted molar refractivity (Wildman–Crippen MR) is 50.1 cm³/mol. The maximum absolute atomic E-state index is 5.31. The van der Waals surface area contributed by atoms with Gasteiger partial charge in [0.2, 0.25) is 0 Å². The molecule has 0 aromatic rings. The number of thiol groups is 1. The Morgan fingerprint density at radius 3 is 2.64 bits per heavy atom. The van der Waals surface area contributed by atoms with Gasteiger partial charge in [-0.1, -0.05) is 6.58 Å². The molecule has 4 heteroatoms. The summed E-state index contributed by atoms with van der Waals surface area (Å²) >= 11 is 4.09. The van der Waals surface area contributed by atoms with Crippen LogP contribution in [0.15, 0.2) is 11.6 Å². The van der Waals surface area contributed by atoms with E-state index in [9.17, 15) is 0 Å². The fraction of sp³-hybridized carbons (Fsp3) is 0.714. The Labute approximate surface area is 73.8 Å². The van der Waals surface area contributed by atoms with Crippen molar-refractivity contribution in [2.75, 3.05) is 13.7 Å². The highest BCUT2D eigenvalue weighted by molar-refractivity contribution is 7.84. The largest absolute Gasteiger partial charge is 0.358 e. The summed E-state index contributed by atoms with van der Waals surface area (Å²) in [6.45, 7) is 8.24. The van der Waals surface area contributed by atoms with E-state index in [2.05, 4.69) is 24.6 Å². The molecule has 66 valence electrons. The lowest BCUT2D eigenvalue weighted by molar-refractivity contribution is -0.0390. The summed E-state index contributed by atoms with van der Waals surface area (Å²) in [5.41, 5.74) is 2.92. The first kappa shape index (κ1) is 10.8. The molecule has 1 atom stereocenters. The van der Waals surface area contributed by atoms with Crippen molar-refractivity contribution < 1.29 is 4.74 Å². The Morgan fingerprint density at radius 1 is 1.82 bits per heavy atom. The fourth-order valence-corrected chi connectivity index (χ4v) is 1.10. The second-order valence-corrected chi connectivity index (χ2v) is 2.58. The molecular formula is C7H16N2OS. The minimum atomic E-state index is -0.0324. The molecule has 0 rings (SSSR count). The third kappa shape index (κ3) is 3.65. The summed E-state index contributed by atoms with van der Waals surface area (Å²) in [6, 6.07) is 0. The predicted octanol–water partition coefficient (Wildman–Crippen LogP) is 1.21. The van der Waals surface area contributed by atoms with Crippen LogP contribution in [0.2, 0.25) is 0 Å². The Bertz CT molecular complexity index is 130. The molecule has 1 unspecified atom stereocenters. The molecule has 0 aromatic heterocycles. The van der Waals surface area contributed by atoms with E-state index in [4.69, 9.17) is 4.74 Å². The van der Waals surface area contributed by atoms with Crippen LogP contribution in [0.5, 0.6) is 0 Å². The monoisotopic (exact) mass is 176 g/mol. The van der Waals surface area contributed by atoms with Crippen LogP contribution in [0.4, 0.5) is 0 Å². The second-order valence-electron chi connectivity index (χ2n) is 2.06. The van der Waals surface area contributed by atoms with Crippen LogP contribution in [0.25, 0.3) is 0 Å². The molecule has 0 spiro atoms. The van der Waals surface area contributed by atoms with Gasteiger partial charge in [-0.05, 0) is 13.8 Å². The zero-order chi connectivity index (χ0) is 8.85. The van der Waals surface area contributed by atoms with Gasteiger partial charge in [-0.3, -0.25) is 5.01 Å². The van der Waals surface area contributed by atoms with E-state index in [0.29, 0.717) is 11.6 Å². The zero-order valence-electron chi connectivity index (χ0n) is 7.29. The lowest BCUT2D eigenvalue weighted by Gasteiger charge is -2.28. The van der Waals surface area contributed by atoms with Crippen LogP contribution in [0.1, 0.15) is 13.8 Å². The van der Waals surface area contributed by atoms with Crippen LogP contribution in [-0.2, 0) is 4.74 Å². The number of ether oxygens (including phenoxy) is 1. The summed E-state index contributed by atoms with van der Waals surface area (Å²) < 4.78 is 5.31. The molecule has 0 aliphatic rings. The molecule has 1 N–H and O–H groups in total. The quantitative estimate of drug-likeness (QED) is 0.374. The first-order valence-corrected chi connectivity index (χ1v) is 4.04. The normalized spacial score (nSPS) is 12.7. The van der Waals surface area contributed by atoms with Gasteiger partial charge in [0, 0.05) is 13.7 Å². The first-order valence-electron chi connectivity index (χ1n) is 3.59. The average Bonchev–Trinajstić information content (AvgIpc) is 1.88. The first-order chi connectivity index (χ1) is 5.13. The number of rotatable bonds is 5. The van der Waals surface area contributed by atoms with Gasteiger partial charge in [-0.2, -0.15) is 0 Å². The molecule has 0 aliphatic carbocycles. The van der Waals surface area contributed by atoms with Gasteiger partial charge < -0.3 is 4.74 Å². The molecule has 0 radical (unpaired) electrons. The minimum absolute atomic E-state index is 0.0324. The molecule has 0 aliphatic heterocycles. The van der Waals surface area contributed by atoms with Crippen LogP contribution >= 0.6 is 12.6 Å². The van der Waals surface area contributed by atoms with Crippen LogP contribution in [0, 0.1) is 0 Å². The summed E-state index contributed by atoms with van der Waals surface area (Å²) in [6.07, 6.45) is -0.0324. The molecule has 0 bridgehead atoms. The summed E-state index contributed by atoms with van der Waals surface area (Å²) in [5, 5.41) is 2.39. The Balaban J connectivity index is 3.91. The molecular weight excluding hydrogens is 160 g/mol. The van der Waals surface area contributed by atoms with Crippen molar-refractivity contribution in [1.29, 1.82) is 0 Å². The van der Waals surface area contributed by atoms with E-state index >= 15 is 0 Å². The van der Waals surface area contributed by atoms with Crippen molar-refractivity contribution in [3.8, 4) is 0 Å². The zero-order valence-corrected chi connectivity index (χ0v) is 8.19. The van der Waals surface area contributed by atoms with Crippen LogP contribution in [-0.4, -0.2) is 24.9 Å². The van der Waals surface area contributed by atoms with Gasteiger partial charge >= 0.3 is 0 Å². The lowest BCUT2D eigenvalue weighted by atomic mass is 10.6. The van der Waals surface area contributed by atoms with Crippen molar-refractivity contribution in [3.05, 3.63) is 11.6 Å². The Hall–Kier alpha value is -0.190. The lowest BCUT2D eigenvalue weighted by Crippen LogP contribution is -2.41. The average molecular weight is 176 g/mol. The fourth-order valence-electron chi connectivity index (χ4n) is 0.836. The highest BCUT2D eigenvalue weighted by Gasteiger charge is 2.10. The van der Waals surface area contributed by atoms with Gasteiger partial charge in [0.25, 0.3) is 0 Å². The molecule has 0 aromatic carbocycles. The van der Waals surface area contributed by atoms with Crippen molar-refractivity contribution in [2.24, 2.45) is 0 Å². The third-order valence-corrected chi connectivity index (χ3v) is 1.51. The molecule has 0 saturated carbocycles. The maximum atomic E-state index is 5.31. The second kappa shape index (κ2) is 5.46. The molecule has 11 heavy (non-hydrogen) atoms. The van der Waals surface area contributed by atoms with E-state index in [-0.39, 0.29) is 6.23 Å². The highest BCUT2D eigenvalue weighted by Crippen LogP contribution is 2.07. The molecule has 3 nitrogen and oxygen atoms in total. The van der Waals surface area contributed by atoms with Crippen molar-refractivity contribution in [3.63, 3.8) is 0 Å². The van der Waals surface area contributed by atoms with Crippen molar-refractivity contribution in [1.82, 2.24) is 10.4 Å². The standard InChI is InChI=1S/C7H16N2OS/c1-5-10-6(2)9(8-4)7(3)11/h6,8,11H,3,5H2,1-2,4H3. The van der Waals surface area contributed by atoms with E-state index in [1.165, 1.54) is 0 Å². The summed E-state index contributed by atoms with van der Waals surface area (Å²) in [4.78, 5) is 0. The van der Waals surface area contributed by atoms with E-state index in [0.717, 1.165) is 0 Å². The number of hydrogen-bond acceptors (Lipinski definition) is 4. The Morgan fingerprint density at radius 2 is 2.36 bits per heavy atom. The number of hydrazine groups is 1. The maximum Gasteiger partial charge on any atom is 0.141 e. The van der Waals surface area contributed by atoms with Gasteiger partial charge in [-0.15, -0.1) is 12.6 Å². The smallest absolute Gasteiger partial charge is 0.141 e.